The van der Waals surface area contributed by atoms with Gasteiger partial charge in [0.2, 0.25) is 10.0 Å². The summed E-state index contributed by atoms with van der Waals surface area (Å²) in [4.78, 5) is 0.338. The van der Waals surface area contributed by atoms with Crippen LogP contribution in [0.15, 0.2) is 34.7 Å². The molecule has 0 saturated carbocycles. The number of nitrogens with one attached hydrogen (secondary N) is 2. The van der Waals surface area contributed by atoms with Crippen LogP contribution in [0.5, 0.6) is 0 Å². The summed E-state index contributed by atoms with van der Waals surface area (Å²) < 4.78 is 27.0. The molecule has 1 aliphatic heterocycles. The molecule has 1 heterocycles. The SMILES string of the molecule is Cc1ccc(S(=O)(=O)NCC2=CCNCC2)cc1C.Cl. The van der Waals surface area contributed by atoms with Crippen molar-refractivity contribution in [3.05, 3.63) is 41.0 Å². The summed E-state index contributed by atoms with van der Waals surface area (Å²) in [5, 5.41) is 3.20. The predicted octanol–water partition coefficient (Wildman–Crippen LogP) is 1.92. The average molecular weight is 317 g/mol. The Hall–Kier alpha value is -0.880. The summed E-state index contributed by atoms with van der Waals surface area (Å²) in [6.45, 7) is 6.03. The molecule has 1 aromatic rings. The van der Waals surface area contributed by atoms with E-state index in [1.165, 1.54) is 0 Å². The van der Waals surface area contributed by atoms with Gasteiger partial charge in [0.05, 0.1) is 4.90 Å². The van der Waals surface area contributed by atoms with Crippen molar-refractivity contribution >= 4 is 22.4 Å². The molecule has 0 unspecified atom stereocenters. The molecule has 1 aromatic carbocycles. The van der Waals surface area contributed by atoms with Crippen LogP contribution >= 0.6 is 12.4 Å². The van der Waals surface area contributed by atoms with Gasteiger partial charge in [-0.2, -0.15) is 0 Å². The van der Waals surface area contributed by atoms with Crippen molar-refractivity contribution in [2.45, 2.75) is 25.2 Å². The molecule has 6 heteroatoms. The van der Waals surface area contributed by atoms with Gasteiger partial charge in [-0.3, -0.25) is 0 Å². The molecule has 0 spiro atoms. The third-order valence-corrected chi connectivity index (χ3v) is 4.83. The molecule has 1 aliphatic rings. The van der Waals surface area contributed by atoms with Crippen molar-refractivity contribution < 1.29 is 8.42 Å². The van der Waals surface area contributed by atoms with Gasteiger partial charge < -0.3 is 5.32 Å². The molecule has 20 heavy (non-hydrogen) atoms. The predicted molar refractivity (Wildman–Crippen MR) is 83.9 cm³/mol. The fourth-order valence-corrected chi connectivity index (χ4v) is 3.10. The minimum absolute atomic E-state index is 0. The minimum atomic E-state index is -3.41. The first-order valence-corrected chi connectivity index (χ1v) is 7.93. The van der Waals surface area contributed by atoms with Crippen molar-refractivity contribution in [2.75, 3.05) is 19.6 Å². The van der Waals surface area contributed by atoms with Crippen LogP contribution in [0.3, 0.4) is 0 Å². The molecule has 0 bridgehead atoms. The van der Waals surface area contributed by atoms with Gasteiger partial charge in [0, 0.05) is 13.1 Å². The highest BCUT2D eigenvalue weighted by molar-refractivity contribution is 7.89. The molecule has 0 fully saturated rings. The van der Waals surface area contributed by atoms with E-state index in [-0.39, 0.29) is 12.4 Å². The number of halogens is 1. The van der Waals surface area contributed by atoms with Crippen molar-refractivity contribution in [3.63, 3.8) is 0 Å². The number of benzene rings is 1. The summed E-state index contributed by atoms with van der Waals surface area (Å²) in [5.41, 5.74) is 3.23. The van der Waals surface area contributed by atoms with Gasteiger partial charge in [0.25, 0.3) is 0 Å². The minimum Gasteiger partial charge on any atom is -0.313 e. The quantitative estimate of drug-likeness (QED) is 0.834. The van der Waals surface area contributed by atoms with Crippen LogP contribution in [0.1, 0.15) is 17.5 Å². The van der Waals surface area contributed by atoms with E-state index in [1.807, 2.05) is 26.0 Å². The highest BCUT2D eigenvalue weighted by atomic mass is 35.5. The van der Waals surface area contributed by atoms with Crippen LogP contribution in [-0.4, -0.2) is 28.1 Å². The molecule has 2 rings (SSSR count). The van der Waals surface area contributed by atoms with Crippen LogP contribution in [0, 0.1) is 13.8 Å². The summed E-state index contributed by atoms with van der Waals surface area (Å²) >= 11 is 0. The van der Waals surface area contributed by atoms with E-state index in [9.17, 15) is 8.42 Å². The van der Waals surface area contributed by atoms with Crippen molar-refractivity contribution in [1.29, 1.82) is 0 Å². The molecule has 4 nitrogen and oxygen atoms in total. The average Bonchev–Trinajstić information content (AvgIpc) is 2.41. The maximum Gasteiger partial charge on any atom is 0.240 e. The maximum atomic E-state index is 12.2. The van der Waals surface area contributed by atoms with E-state index in [0.717, 1.165) is 36.2 Å². The van der Waals surface area contributed by atoms with E-state index in [0.29, 0.717) is 11.4 Å². The number of rotatable bonds is 4. The lowest BCUT2D eigenvalue weighted by Crippen LogP contribution is -2.29. The molecule has 0 radical (unpaired) electrons. The van der Waals surface area contributed by atoms with Crippen LogP contribution in [0.2, 0.25) is 0 Å². The Morgan fingerprint density at radius 1 is 1.25 bits per heavy atom. The Morgan fingerprint density at radius 2 is 2.00 bits per heavy atom. The summed E-state index contributed by atoms with van der Waals surface area (Å²) in [5.74, 6) is 0. The molecular weight excluding hydrogens is 296 g/mol. The lowest BCUT2D eigenvalue weighted by molar-refractivity contribution is 0.582. The van der Waals surface area contributed by atoms with E-state index in [4.69, 9.17) is 0 Å². The highest BCUT2D eigenvalue weighted by Crippen LogP contribution is 2.15. The zero-order chi connectivity index (χ0) is 13.9. The lowest BCUT2D eigenvalue weighted by Gasteiger charge is -2.15. The lowest BCUT2D eigenvalue weighted by atomic mass is 10.1. The first-order valence-electron chi connectivity index (χ1n) is 6.44. The Labute approximate surface area is 127 Å². The van der Waals surface area contributed by atoms with Crippen molar-refractivity contribution in [1.82, 2.24) is 10.0 Å². The van der Waals surface area contributed by atoms with E-state index >= 15 is 0 Å². The molecule has 0 aromatic heterocycles. The van der Waals surface area contributed by atoms with E-state index < -0.39 is 10.0 Å². The Kier molecular flexibility index (Phi) is 6.20. The third kappa shape index (κ3) is 4.31. The third-order valence-electron chi connectivity index (χ3n) is 3.44. The normalized spacial score (nSPS) is 15.4. The summed E-state index contributed by atoms with van der Waals surface area (Å²) in [7, 11) is -3.41. The van der Waals surface area contributed by atoms with Crippen LogP contribution < -0.4 is 10.0 Å². The largest absolute Gasteiger partial charge is 0.313 e. The van der Waals surface area contributed by atoms with Gasteiger partial charge in [-0.15, -0.1) is 12.4 Å². The molecule has 0 saturated heterocycles. The first-order chi connectivity index (χ1) is 8.99. The van der Waals surface area contributed by atoms with Crippen molar-refractivity contribution in [3.8, 4) is 0 Å². The topological polar surface area (TPSA) is 58.2 Å². The molecule has 112 valence electrons. The van der Waals surface area contributed by atoms with Crippen LogP contribution in [0.25, 0.3) is 0 Å². The molecular formula is C14H21ClN2O2S. The van der Waals surface area contributed by atoms with Crippen LogP contribution in [0.4, 0.5) is 0 Å². The van der Waals surface area contributed by atoms with E-state index in [1.54, 1.807) is 12.1 Å². The summed E-state index contributed by atoms with van der Waals surface area (Å²) in [6, 6.07) is 5.21. The number of aryl methyl sites for hydroxylation is 2. The monoisotopic (exact) mass is 316 g/mol. The second-order valence-electron chi connectivity index (χ2n) is 4.89. The van der Waals surface area contributed by atoms with Gasteiger partial charge >= 0.3 is 0 Å². The molecule has 2 N–H and O–H groups in total. The van der Waals surface area contributed by atoms with Gasteiger partial charge in [-0.25, -0.2) is 13.1 Å². The fraction of sp³-hybridized carbons (Fsp3) is 0.429. The number of sulfonamides is 1. The maximum absolute atomic E-state index is 12.2. The standard InChI is InChI=1S/C14H20N2O2S.ClH/c1-11-3-4-14(9-12(11)2)19(17,18)16-10-13-5-7-15-8-6-13;/h3-5,9,15-16H,6-8,10H2,1-2H3;1H. The highest BCUT2D eigenvalue weighted by Gasteiger charge is 2.15. The molecule has 0 atom stereocenters. The zero-order valence-electron chi connectivity index (χ0n) is 11.8. The van der Waals surface area contributed by atoms with E-state index in [2.05, 4.69) is 10.0 Å². The van der Waals surface area contributed by atoms with Gasteiger partial charge in [0.1, 0.15) is 0 Å². The Balaban J connectivity index is 0.00000200. The smallest absolute Gasteiger partial charge is 0.240 e. The molecule has 0 aliphatic carbocycles. The number of hydrogen-bond donors (Lipinski definition) is 2. The first kappa shape index (κ1) is 17.2. The summed E-state index contributed by atoms with van der Waals surface area (Å²) in [6.07, 6.45) is 2.95. The Bertz CT molecular complexity index is 597. The second kappa shape index (κ2) is 7.22. The van der Waals surface area contributed by atoms with Crippen molar-refractivity contribution in [2.24, 2.45) is 0 Å². The van der Waals surface area contributed by atoms with Gasteiger partial charge in [-0.1, -0.05) is 17.7 Å². The fourth-order valence-electron chi connectivity index (χ4n) is 1.98. The number of hydrogen-bond acceptors (Lipinski definition) is 3. The second-order valence-corrected chi connectivity index (χ2v) is 6.65. The van der Waals surface area contributed by atoms with Gasteiger partial charge in [-0.05, 0) is 50.1 Å². The van der Waals surface area contributed by atoms with Crippen LogP contribution in [-0.2, 0) is 10.0 Å². The van der Waals surface area contributed by atoms with Gasteiger partial charge in [0.15, 0.2) is 0 Å². The zero-order valence-corrected chi connectivity index (χ0v) is 13.4. The molecule has 0 amide bonds. The Morgan fingerprint density at radius 3 is 2.60 bits per heavy atom.